The second-order valence-corrected chi connectivity index (χ2v) is 8.75. The van der Waals surface area contributed by atoms with Gasteiger partial charge in [-0.3, -0.25) is 0 Å². The van der Waals surface area contributed by atoms with E-state index >= 15 is 0 Å². The van der Waals surface area contributed by atoms with Gasteiger partial charge in [0.05, 0.1) is 0 Å². The summed E-state index contributed by atoms with van der Waals surface area (Å²) < 4.78 is 387. The van der Waals surface area contributed by atoms with Gasteiger partial charge in [-0.1, -0.05) is 6.58 Å². The van der Waals surface area contributed by atoms with Crippen LogP contribution in [0.4, 0.5) is 127 Å². The van der Waals surface area contributed by atoms with Crippen LogP contribution in [0.1, 0.15) is 0 Å². The summed E-state index contributed by atoms with van der Waals surface area (Å²) >= 11 is 0. The molecule has 31 heteroatoms. The highest BCUT2D eigenvalue weighted by molar-refractivity contribution is 5.88. The van der Waals surface area contributed by atoms with Crippen LogP contribution in [0, 0.1) is 0 Å². The van der Waals surface area contributed by atoms with E-state index in [0.29, 0.717) is 0 Å². The molecule has 0 rings (SSSR count). The van der Waals surface area contributed by atoms with Crippen molar-refractivity contribution in [2.45, 2.75) is 83.2 Å². The predicted octanol–water partition coefficient (Wildman–Crippen LogP) is 9.45. The molecule has 0 amide bonds. The molecule has 0 bridgehead atoms. The number of rotatable bonds is 14. The van der Waals surface area contributed by atoms with Crippen LogP contribution >= 0.6 is 0 Å². The van der Waals surface area contributed by atoms with E-state index in [1.54, 1.807) is 0 Å². The van der Waals surface area contributed by atoms with Gasteiger partial charge in [-0.25, -0.2) is 4.79 Å². The average molecular weight is 790 g/mol. The van der Waals surface area contributed by atoms with Gasteiger partial charge in [-0.15, -0.1) is 0 Å². The van der Waals surface area contributed by atoms with Crippen LogP contribution in [-0.2, 0) is 4.79 Å². The monoisotopic (exact) mass is 790 g/mol. The molecule has 0 fully saturated rings. The molecule has 0 saturated carbocycles. The molecule has 0 radical (unpaired) electrons. The number of alkyl halides is 29. The quantitative estimate of drug-likeness (QED) is 0.141. The Morgan fingerprint density at radius 2 is 0.458 bits per heavy atom. The summed E-state index contributed by atoms with van der Waals surface area (Å²) in [6.45, 7) is 1.34. The zero-order chi connectivity index (χ0) is 40.2. The summed E-state index contributed by atoms with van der Waals surface area (Å²) in [4.78, 5) is 10.3. The number of halogens is 29. The lowest BCUT2D eigenvalue weighted by Gasteiger charge is -2.46. The van der Waals surface area contributed by atoms with Gasteiger partial charge in [0, 0.05) is 0 Å². The first-order valence-electron chi connectivity index (χ1n) is 10.0. The molecule has 286 valence electrons. The topological polar surface area (TPSA) is 37.3 Å². The van der Waals surface area contributed by atoms with E-state index < -0.39 is 94.7 Å². The van der Waals surface area contributed by atoms with Crippen molar-refractivity contribution in [1.82, 2.24) is 0 Å². The highest BCUT2D eigenvalue weighted by Gasteiger charge is 3.01. The van der Waals surface area contributed by atoms with Gasteiger partial charge in [0.2, 0.25) is 0 Å². The minimum Gasteiger partial charge on any atom is -0.478 e. The van der Waals surface area contributed by atoms with E-state index in [1.807, 2.05) is 0 Å². The number of carbonyl (C=O) groups is 1. The van der Waals surface area contributed by atoms with E-state index in [1.165, 1.54) is 6.58 Å². The number of hydrogen-bond donors (Lipinski definition) is 1. The fourth-order valence-corrected chi connectivity index (χ4v) is 2.67. The molecule has 0 spiro atoms. The standard InChI is InChI=1S/C17H3F29O2/c1-2(3(47)48)4(18,19)5(20,21)6(22,23)7(24,25)8(26,27)9(28,29)10(30,31)11(32,33)12(34,35)13(36,37)14(38,39)15(40,41)16(42,43)17(44,45)46/h1H2,(H,47,48). The zero-order valence-electron chi connectivity index (χ0n) is 20.5. The van der Waals surface area contributed by atoms with E-state index in [2.05, 4.69) is 0 Å². The molecule has 1 N–H and O–H groups in total. The number of carboxylic acid groups (broad SMARTS) is 1. The molecule has 0 atom stereocenters. The van der Waals surface area contributed by atoms with Crippen molar-refractivity contribution in [3.05, 3.63) is 12.2 Å². The summed E-state index contributed by atoms with van der Waals surface area (Å²) in [5.41, 5.74) is -3.76. The maximum atomic E-state index is 13.7. The molecular weight excluding hydrogens is 787 g/mol. The minimum absolute atomic E-state index is 1.34. The Kier molecular flexibility index (Phi) is 10.2. The van der Waals surface area contributed by atoms with E-state index in [0.717, 1.165) is 0 Å². The Hall–Kier alpha value is -2.82. The van der Waals surface area contributed by atoms with Crippen LogP contribution in [0.15, 0.2) is 12.2 Å². The number of carboxylic acids is 1. The molecule has 0 aromatic rings. The third kappa shape index (κ3) is 4.98. The van der Waals surface area contributed by atoms with Crippen LogP contribution in [0.5, 0.6) is 0 Å². The van der Waals surface area contributed by atoms with Gasteiger partial charge in [0.1, 0.15) is 5.57 Å². The van der Waals surface area contributed by atoms with Crippen molar-refractivity contribution >= 4 is 5.97 Å². The lowest BCUT2D eigenvalue weighted by Crippen LogP contribution is -2.79. The van der Waals surface area contributed by atoms with Gasteiger partial charge in [0.25, 0.3) is 0 Å². The van der Waals surface area contributed by atoms with Crippen LogP contribution in [0.2, 0.25) is 0 Å². The maximum Gasteiger partial charge on any atom is 0.460 e. The van der Waals surface area contributed by atoms with Crippen LogP contribution in [0.3, 0.4) is 0 Å². The fourth-order valence-electron chi connectivity index (χ4n) is 2.67. The Balaban J connectivity index is 7.62. The molecule has 0 unspecified atom stereocenters. The molecule has 48 heavy (non-hydrogen) atoms. The first-order valence-corrected chi connectivity index (χ1v) is 10.0. The molecule has 0 heterocycles. The largest absolute Gasteiger partial charge is 0.478 e. The maximum absolute atomic E-state index is 13.7. The van der Waals surface area contributed by atoms with E-state index in [-0.39, 0.29) is 0 Å². The number of hydrogen-bond acceptors (Lipinski definition) is 1. The summed E-state index contributed by atoms with van der Waals surface area (Å²) in [6, 6.07) is 0. The highest BCUT2D eigenvalue weighted by atomic mass is 19.4. The van der Waals surface area contributed by atoms with Crippen molar-refractivity contribution in [3.8, 4) is 0 Å². The van der Waals surface area contributed by atoms with Crippen molar-refractivity contribution < 1.29 is 137 Å². The molecular formula is C17H3F29O2. The first kappa shape index (κ1) is 45.2. The smallest absolute Gasteiger partial charge is 0.460 e. The van der Waals surface area contributed by atoms with Crippen LogP contribution in [-0.4, -0.2) is 94.2 Å². The van der Waals surface area contributed by atoms with E-state index in [4.69, 9.17) is 5.11 Å². The van der Waals surface area contributed by atoms with Gasteiger partial charge in [0.15, 0.2) is 0 Å². The number of aliphatic carboxylic acids is 1. The Bertz CT molecular complexity index is 1250. The summed E-state index contributed by atoms with van der Waals surface area (Å²) in [5, 5.41) is 8.04. The van der Waals surface area contributed by atoms with Crippen molar-refractivity contribution in [2.24, 2.45) is 0 Å². The average Bonchev–Trinajstić information content (AvgIpc) is 2.85. The normalized spacial score (nSPS) is 16.7. The first-order chi connectivity index (χ1) is 20.1. The molecule has 0 aliphatic rings. The minimum atomic E-state index is -10.0. The lowest BCUT2D eigenvalue weighted by atomic mass is 9.83. The van der Waals surface area contributed by atoms with E-state index in [9.17, 15) is 132 Å². The zero-order valence-corrected chi connectivity index (χ0v) is 20.5. The second kappa shape index (κ2) is 10.8. The van der Waals surface area contributed by atoms with Gasteiger partial charge >= 0.3 is 89.1 Å². The van der Waals surface area contributed by atoms with Gasteiger partial charge in [-0.05, 0) is 0 Å². The molecule has 0 aromatic heterocycles. The van der Waals surface area contributed by atoms with Crippen molar-refractivity contribution in [1.29, 1.82) is 0 Å². The highest BCUT2D eigenvalue weighted by Crippen LogP contribution is 2.69. The fraction of sp³-hybridized carbons (Fsp3) is 0.824. The second-order valence-electron chi connectivity index (χ2n) is 8.75. The third-order valence-electron chi connectivity index (χ3n) is 5.73. The SMILES string of the molecule is C=C(C(=O)O)C(F)(F)C(F)(F)C(F)(F)C(F)(F)C(F)(F)C(F)(F)C(F)(F)C(F)(F)C(F)(F)C(F)(F)C(F)(F)C(F)(F)C(F)(F)C(F)(F)F. The van der Waals surface area contributed by atoms with Crippen LogP contribution in [0.25, 0.3) is 0 Å². The van der Waals surface area contributed by atoms with Gasteiger partial charge < -0.3 is 5.11 Å². The molecule has 0 saturated heterocycles. The Morgan fingerprint density at radius 1 is 0.312 bits per heavy atom. The van der Waals surface area contributed by atoms with Crippen molar-refractivity contribution in [3.63, 3.8) is 0 Å². The summed E-state index contributed by atoms with van der Waals surface area (Å²) in [5.74, 6) is -126. The third-order valence-corrected chi connectivity index (χ3v) is 5.73. The molecule has 0 aliphatic heterocycles. The van der Waals surface area contributed by atoms with Crippen molar-refractivity contribution in [2.75, 3.05) is 0 Å². The van der Waals surface area contributed by atoms with Crippen LogP contribution < -0.4 is 0 Å². The molecule has 0 aliphatic carbocycles. The van der Waals surface area contributed by atoms with Gasteiger partial charge in [-0.2, -0.15) is 127 Å². The Morgan fingerprint density at radius 3 is 0.604 bits per heavy atom. The molecule has 2 nitrogen and oxygen atoms in total. The molecule has 0 aromatic carbocycles. The Labute approximate surface area is 240 Å². The lowest BCUT2D eigenvalue weighted by molar-refractivity contribution is -0.486. The summed E-state index contributed by atoms with van der Waals surface area (Å²) in [7, 11) is 0. The predicted molar refractivity (Wildman–Crippen MR) is 87.1 cm³/mol. The summed E-state index contributed by atoms with van der Waals surface area (Å²) in [6.07, 6.45) is -8.32.